The zero-order valence-corrected chi connectivity index (χ0v) is 17.7. The Kier molecular flexibility index (Phi) is 9.39. The molecule has 1 unspecified atom stereocenters. The van der Waals surface area contributed by atoms with Crippen molar-refractivity contribution in [2.45, 2.75) is 90.8 Å². The Balaban J connectivity index is 1.84. The number of halogens is 1. The number of unbranched alkanes of at least 4 members (excludes halogenated alkanes) is 6. The predicted octanol–water partition coefficient (Wildman–Crippen LogP) is 7.30. The fraction of sp³-hybridized carbons (Fsp3) is 0.583. The fourth-order valence-corrected chi connectivity index (χ4v) is 3.20. The van der Waals surface area contributed by atoms with Crippen molar-refractivity contribution in [3.8, 4) is 17.1 Å². The number of nitrogens with zero attached hydrogens (tertiary/aromatic N) is 2. The van der Waals surface area contributed by atoms with E-state index in [2.05, 4.69) is 16.9 Å². The summed E-state index contributed by atoms with van der Waals surface area (Å²) in [5.41, 5.74) is 2.09. The van der Waals surface area contributed by atoms with E-state index in [-0.39, 0.29) is 0 Å². The van der Waals surface area contributed by atoms with E-state index in [1.165, 1.54) is 51.0 Å². The van der Waals surface area contributed by atoms with Crippen molar-refractivity contribution in [2.24, 2.45) is 0 Å². The van der Waals surface area contributed by atoms with Gasteiger partial charge in [-0.15, -0.1) is 0 Å². The van der Waals surface area contributed by atoms with Crippen LogP contribution in [0.3, 0.4) is 0 Å². The second kappa shape index (κ2) is 11.8. The molecule has 0 saturated heterocycles. The molecule has 1 aromatic carbocycles. The Hall–Kier alpha value is -1.97. The summed E-state index contributed by atoms with van der Waals surface area (Å²) in [6.07, 6.45) is 14.8. The third kappa shape index (κ3) is 7.95. The van der Waals surface area contributed by atoms with Crippen molar-refractivity contribution in [3.63, 3.8) is 0 Å². The molecule has 0 saturated carbocycles. The van der Waals surface area contributed by atoms with Crippen LogP contribution in [0.2, 0.25) is 0 Å². The highest BCUT2D eigenvalue weighted by atomic mass is 19.2. The Bertz CT molecular complexity index is 668. The third-order valence-electron chi connectivity index (χ3n) is 4.94. The van der Waals surface area contributed by atoms with E-state index in [4.69, 9.17) is 4.74 Å². The summed E-state index contributed by atoms with van der Waals surface area (Å²) < 4.78 is 19.9. The molecule has 1 heterocycles. The van der Waals surface area contributed by atoms with Crippen LogP contribution in [-0.2, 0) is 6.42 Å². The van der Waals surface area contributed by atoms with Crippen LogP contribution in [-0.4, -0.2) is 15.8 Å². The molecule has 0 aliphatic rings. The van der Waals surface area contributed by atoms with Gasteiger partial charge in [-0.05, 0) is 49.1 Å². The molecule has 28 heavy (non-hydrogen) atoms. The van der Waals surface area contributed by atoms with Crippen LogP contribution in [0.4, 0.5) is 4.39 Å². The van der Waals surface area contributed by atoms with Gasteiger partial charge in [-0.2, -0.15) is 4.39 Å². The van der Waals surface area contributed by atoms with Crippen LogP contribution in [0.1, 0.15) is 84.1 Å². The first kappa shape index (κ1) is 22.3. The number of benzene rings is 1. The van der Waals surface area contributed by atoms with Crippen LogP contribution in [0, 0.1) is 0 Å². The number of hydrogen-bond acceptors (Lipinski definition) is 3. The normalized spacial score (nSPS) is 13.3. The van der Waals surface area contributed by atoms with E-state index < -0.39 is 5.85 Å². The number of alkyl halides is 1. The summed E-state index contributed by atoms with van der Waals surface area (Å²) >= 11 is 0. The lowest BCUT2D eigenvalue weighted by Crippen LogP contribution is -2.26. The zero-order valence-electron chi connectivity index (χ0n) is 17.7. The van der Waals surface area contributed by atoms with E-state index in [1.807, 2.05) is 31.5 Å². The van der Waals surface area contributed by atoms with Crippen LogP contribution >= 0.6 is 0 Å². The summed E-state index contributed by atoms with van der Waals surface area (Å²) in [5.74, 6) is -0.413. The second-order valence-corrected chi connectivity index (χ2v) is 7.76. The van der Waals surface area contributed by atoms with Gasteiger partial charge in [0.05, 0.1) is 0 Å². The Morgan fingerprint density at radius 3 is 2.11 bits per heavy atom. The average molecular weight is 387 g/mol. The molecule has 1 atom stereocenters. The summed E-state index contributed by atoms with van der Waals surface area (Å²) in [5, 5.41) is 0. The molecular weight excluding hydrogens is 351 g/mol. The summed E-state index contributed by atoms with van der Waals surface area (Å²) in [6, 6.07) is 7.33. The molecular formula is C24H35FN2O. The highest BCUT2D eigenvalue weighted by molar-refractivity contribution is 5.55. The summed E-state index contributed by atoms with van der Waals surface area (Å²) in [7, 11) is 0. The first-order chi connectivity index (χ1) is 13.5. The largest absolute Gasteiger partial charge is 0.458 e. The van der Waals surface area contributed by atoms with Crippen LogP contribution in [0.15, 0.2) is 36.7 Å². The van der Waals surface area contributed by atoms with Crippen molar-refractivity contribution in [3.05, 3.63) is 42.2 Å². The molecule has 2 aromatic rings. The molecule has 1 aromatic heterocycles. The highest BCUT2D eigenvalue weighted by Crippen LogP contribution is 2.26. The molecule has 0 aliphatic heterocycles. The first-order valence-electron chi connectivity index (χ1n) is 10.8. The number of aryl methyl sites for hydroxylation is 1. The lowest BCUT2D eigenvalue weighted by atomic mass is 10.1. The molecule has 0 fully saturated rings. The van der Waals surface area contributed by atoms with Crippen molar-refractivity contribution in [2.75, 3.05) is 0 Å². The van der Waals surface area contributed by atoms with Crippen LogP contribution in [0.25, 0.3) is 11.4 Å². The number of rotatable bonds is 13. The standard InChI is InChI=1S/C24H35FN2O/c1-4-6-8-9-10-11-12-20-18-26-23(27-19-20)21-13-15-22(16-14-21)28-24(3,25)17-7-5-2/h13-16,18-19H,4-12,17H2,1-3H3. The molecule has 2 rings (SSSR count). The van der Waals surface area contributed by atoms with E-state index in [1.54, 1.807) is 12.1 Å². The Morgan fingerprint density at radius 1 is 0.857 bits per heavy atom. The van der Waals surface area contributed by atoms with Crippen LogP contribution < -0.4 is 4.74 Å². The van der Waals surface area contributed by atoms with E-state index >= 15 is 0 Å². The Labute approximate surface area is 169 Å². The third-order valence-corrected chi connectivity index (χ3v) is 4.94. The van der Waals surface area contributed by atoms with Gasteiger partial charge in [0.15, 0.2) is 5.82 Å². The van der Waals surface area contributed by atoms with E-state index in [0.717, 1.165) is 24.8 Å². The maximum Gasteiger partial charge on any atom is 0.245 e. The lowest BCUT2D eigenvalue weighted by Gasteiger charge is -2.22. The summed E-state index contributed by atoms with van der Waals surface area (Å²) in [6.45, 7) is 5.77. The van der Waals surface area contributed by atoms with Gasteiger partial charge in [0.25, 0.3) is 0 Å². The maximum atomic E-state index is 14.4. The number of hydrogen-bond donors (Lipinski definition) is 0. The van der Waals surface area contributed by atoms with Gasteiger partial charge in [-0.25, -0.2) is 9.97 Å². The minimum absolute atomic E-state index is 0.397. The minimum atomic E-state index is -1.63. The maximum absolute atomic E-state index is 14.4. The van der Waals surface area contributed by atoms with Crippen molar-refractivity contribution < 1.29 is 9.13 Å². The molecule has 154 valence electrons. The number of ether oxygens (including phenoxy) is 1. The smallest absolute Gasteiger partial charge is 0.245 e. The van der Waals surface area contributed by atoms with Gasteiger partial charge < -0.3 is 4.74 Å². The van der Waals surface area contributed by atoms with Gasteiger partial charge in [0.2, 0.25) is 5.85 Å². The quantitative estimate of drug-likeness (QED) is 0.339. The topological polar surface area (TPSA) is 35.0 Å². The monoisotopic (exact) mass is 386 g/mol. The minimum Gasteiger partial charge on any atom is -0.458 e. The predicted molar refractivity (Wildman–Crippen MR) is 114 cm³/mol. The number of aromatic nitrogens is 2. The fourth-order valence-electron chi connectivity index (χ4n) is 3.20. The van der Waals surface area contributed by atoms with Crippen molar-refractivity contribution >= 4 is 0 Å². The molecule has 3 nitrogen and oxygen atoms in total. The van der Waals surface area contributed by atoms with Gasteiger partial charge in [-0.1, -0.05) is 52.4 Å². The molecule has 0 bridgehead atoms. The lowest BCUT2D eigenvalue weighted by molar-refractivity contribution is -0.0527. The van der Waals surface area contributed by atoms with Crippen molar-refractivity contribution in [1.29, 1.82) is 0 Å². The van der Waals surface area contributed by atoms with Crippen LogP contribution in [0.5, 0.6) is 5.75 Å². The molecule has 4 heteroatoms. The molecule has 0 aliphatic carbocycles. The van der Waals surface area contributed by atoms with Gasteiger partial charge in [-0.3, -0.25) is 0 Å². The van der Waals surface area contributed by atoms with Gasteiger partial charge in [0, 0.05) is 31.3 Å². The zero-order chi connectivity index (χ0) is 20.2. The van der Waals surface area contributed by atoms with Gasteiger partial charge >= 0.3 is 0 Å². The SMILES string of the molecule is CCCCCCCCc1cnc(-c2ccc(OC(C)(F)CCCC)cc2)nc1. The summed E-state index contributed by atoms with van der Waals surface area (Å²) in [4.78, 5) is 8.99. The Morgan fingerprint density at radius 2 is 1.46 bits per heavy atom. The highest BCUT2D eigenvalue weighted by Gasteiger charge is 2.24. The molecule has 0 amide bonds. The van der Waals surface area contributed by atoms with E-state index in [9.17, 15) is 4.39 Å². The molecule has 0 N–H and O–H groups in total. The second-order valence-electron chi connectivity index (χ2n) is 7.76. The average Bonchev–Trinajstić information content (AvgIpc) is 2.70. The molecule has 0 radical (unpaired) electrons. The van der Waals surface area contributed by atoms with E-state index in [0.29, 0.717) is 18.0 Å². The molecule has 0 spiro atoms. The first-order valence-corrected chi connectivity index (χ1v) is 10.8. The van der Waals surface area contributed by atoms with Gasteiger partial charge in [0.1, 0.15) is 5.75 Å². The van der Waals surface area contributed by atoms with Crippen molar-refractivity contribution in [1.82, 2.24) is 9.97 Å².